The van der Waals surface area contributed by atoms with Gasteiger partial charge in [-0.25, -0.2) is 4.79 Å². The Morgan fingerprint density at radius 1 is 1.00 bits per heavy atom. The SMILES string of the molecule is COCCN1C(=O)N2Cc3cc(OC)cc(OC)c3[C@@H](C)C=C2C12CCN(C1OC1c1cc(C)cc(C)c1)CC2. The molecule has 214 valence electrons. The molecule has 1 spiro atoms. The van der Waals surface area contributed by atoms with Crippen LogP contribution in [0.3, 0.4) is 0 Å². The Morgan fingerprint density at radius 3 is 2.38 bits per heavy atom. The Hall–Kier alpha value is -3.07. The van der Waals surface area contributed by atoms with Gasteiger partial charge in [0.05, 0.1) is 32.9 Å². The van der Waals surface area contributed by atoms with Crippen LogP contribution in [0.5, 0.6) is 11.5 Å². The lowest BCUT2D eigenvalue weighted by Crippen LogP contribution is -2.55. The quantitative estimate of drug-likeness (QED) is 0.448. The van der Waals surface area contributed by atoms with E-state index in [1.165, 1.54) is 16.7 Å². The minimum atomic E-state index is -0.371. The van der Waals surface area contributed by atoms with Crippen molar-refractivity contribution in [3.8, 4) is 11.5 Å². The van der Waals surface area contributed by atoms with Crippen LogP contribution in [0, 0.1) is 13.8 Å². The van der Waals surface area contributed by atoms with E-state index in [9.17, 15) is 4.79 Å². The number of urea groups is 1. The molecule has 0 N–H and O–H groups in total. The zero-order chi connectivity index (χ0) is 28.2. The van der Waals surface area contributed by atoms with E-state index >= 15 is 0 Å². The number of hydrogen-bond acceptors (Lipinski definition) is 6. The Bertz CT molecular complexity index is 1310. The maximum Gasteiger partial charge on any atom is 0.325 e. The topological polar surface area (TPSA) is 67.0 Å². The van der Waals surface area contributed by atoms with Gasteiger partial charge < -0.3 is 23.8 Å². The molecule has 3 atom stereocenters. The van der Waals surface area contributed by atoms with Crippen LogP contribution in [0.15, 0.2) is 42.1 Å². The van der Waals surface area contributed by atoms with Gasteiger partial charge in [-0.05, 0) is 43.9 Å². The zero-order valence-electron chi connectivity index (χ0n) is 24.5. The Balaban J connectivity index is 1.29. The number of rotatable bonds is 7. The molecule has 2 amide bonds. The first kappa shape index (κ1) is 27.1. The van der Waals surface area contributed by atoms with Crippen molar-refractivity contribution in [1.82, 2.24) is 14.7 Å². The van der Waals surface area contributed by atoms with Gasteiger partial charge in [0.15, 0.2) is 0 Å². The number of benzene rings is 2. The highest BCUT2D eigenvalue weighted by Crippen LogP contribution is 2.51. The van der Waals surface area contributed by atoms with Crippen LogP contribution >= 0.6 is 0 Å². The summed E-state index contributed by atoms with van der Waals surface area (Å²) in [6, 6.07) is 10.7. The van der Waals surface area contributed by atoms with Crippen molar-refractivity contribution < 1.29 is 23.7 Å². The number of piperidine rings is 1. The molecule has 6 rings (SSSR count). The first-order chi connectivity index (χ1) is 19.3. The maximum absolute atomic E-state index is 14.1. The summed E-state index contributed by atoms with van der Waals surface area (Å²) in [5.74, 6) is 1.62. The molecule has 0 saturated carbocycles. The molecule has 4 aliphatic rings. The number of amides is 2. The molecule has 2 unspecified atom stereocenters. The number of fused-ring (bicyclic) bond motifs is 3. The van der Waals surface area contributed by atoms with Gasteiger partial charge in [-0.15, -0.1) is 0 Å². The Morgan fingerprint density at radius 2 is 1.73 bits per heavy atom. The molecule has 0 aromatic heterocycles. The lowest BCUT2D eigenvalue weighted by atomic mass is 9.82. The van der Waals surface area contributed by atoms with Crippen LogP contribution in [0.4, 0.5) is 4.79 Å². The normalized spacial score (nSPS) is 25.4. The third-order valence-electron chi connectivity index (χ3n) is 9.14. The van der Waals surface area contributed by atoms with Crippen molar-refractivity contribution in [3.63, 3.8) is 0 Å². The summed E-state index contributed by atoms with van der Waals surface area (Å²) < 4.78 is 23.0. The third-order valence-corrected chi connectivity index (χ3v) is 9.14. The number of hydrogen-bond donors (Lipinski definition) is 0. The average molecular weight is 548 g/mol. The van der Waals surface area contributed by atoms with Gasteiger partial charge in [-0.2, -0.15) is 0 Å². The number of nitrogens with zero attached hydrogens (tertiary/aromatic N) is 3. The monoisotopic (exact) mass is 547 g/mol. The standard InChI is InChI=1S/C32H41N3O5/c1-20-13-21(2)15-23(14-20)29-30(40-29)33-9-7-32(8-10-33)27-16-22(3)28-24(17-25(38-5)18-26(28)39-6)19-34(27)31(36)35(32)11-12-37-4/h13-18,22,29-30H,7-12,19H2,1-6H3/t22-,29?,30?/m0/s1. The Kier molecular flexibility index (Phi) is 7.05. The number of carbonyl (C=O) groups excluding carboxylic acids is 1. The molecule has 40 heavy (non-hydrogen) atoms. The minimum Gasteiger partial charge on any atom is -0.497 e. The van der Waals surface area contributed by atoms with Crippen molar-refractivity contribution in [2.45, 2.75) is 63.9 Å². The second-order valence-electron chi connectivity index (χ2n) is 11.7. The number of allylic oxidation sites excluding steroid dienone is 1. The number of methoxy groups -OCH3 is 3. The van der Waals surface area contributed by atoms with Crippen LogP contribution in [0.1, 0.15) is 59.6 Å². The van der Waals surface area contributed by atoms with Crippen LogP contribution in [-0.4, -0.2) is 80.1 Å². The van der Waals surface area contributed by atoms with E-state index in [2.05, 4.69) is 54.8 Å². The van der Waals surface area contributed by atoms with E-state index in [1.54, 1.807) is 21.3 Å². The fourth-order valence-electron chi connectivity index (χ4n) is 7.27. The summed E-state index contributed by atoms with van der Waals surface area (Å²) in [5.41, 5.74) is 6.72. The van der Waals surface area contributed by atoms with Gasteiger partial charge in [-0.1, -0.05) is 42.3 Å². The van der Waals surface area contributed by atoms with Crippen molar-refractivity contribution in [2.24, 2.45) is 0 Å². The molecule has 0 radical (unpaired) electrons. The summed E-state index contributed by atoms with van der Waals surface area (Å²) in [5, 5.41) is 0. The van der Waals surface area contributed by atoms with E-state index in [4.69, 9.17) is 18.9 Å². The molecule has 3 saturated heterocycles. The zero-order valence-corrected chi connectivity index (χ0v) is 24.5. The van der Waals surface area contributed by atoms with Gasteiger partial charge in [0.2, 0.25) is 0 Å². The maximum atomic E-state index is 14.1. The van der Waals surface area contributed by atoms with E-state index in [0.717, 1.165) is 54.3 Å². The second-order valence-corrected chi connectivity index (χ2v) is 11.7. The summed E-state index contributed by atoms with van der Waals surface area (Å²) in [7, 11) is 5.05. The third kappa shape index (κ3) is 4.46. The molecule has 4 aliphatic heterocycles. The van der Waals surface area contributed by atoms with Gasteiger partial charge in [0, 0.05) is 50.0 Å². The van der Waals surface area contributed by atoms with E-state index in [0.29, 0.717) is 19.7 Å². The average Bonchev–Trinajstić information content (AvgIpc) is 3.73. The number of ether oxygens (including phenoxy) is 4. The first-order valence-corrected chi connectivity index (χ1v) is 14.3. The fourth-order valence-corrected chi connectivity index (χ4v) is 7.27. The first-order valence-electron chi connectivity index (χ1n) is 14.3. The number of epoxide rings is 1. The molecular weight excluding hydrogens is 506 g/mol. The van der Waals surface area contributed by atoms with Crippen molar-refractivity contribution in [3.05, 3.63) is 69.9 Å². The molecular formula is C32H41N3O5. The predicted molar refractivity (Wildman–Crippen MR) is 153 cm³/mol. The van der Waals surface area contributed by atoms with E-state index in [1.807, 2.05) is 17.0 Å². The molecule has 8 nitrogen and oxygen atoms in total. The van der Waals surface area contributed by atoms with Crippen LogP contribution in [0.2, 0.25) is 0 Å². The van der Waals surface area contributed by atoms with Crippen molar-refractivity contribution in [2.75, 3.05) is 47.6 Å². The van der Waals surface area contributed by atoms with E-state index in [-0.39, 0.29) is 29.8 Å². The number of aryl methyl sites for hydroxylation is 2. The highest BCUT2D eigenvalue weighted by atomic mass is 16.6. The van der Waals surface area contributed by atoms with Crippen LogP contribution < -0.4 is 9.47 Å². The minimum absolute atomic E-state index is 0.0503. The van der Waals surface area contributed by atoms with Crippen molar-refractivity contribution >= 4 is 6.03 Å². The molecule has 2 aromatic rings. The number of carbonyl (C=O) groups is 1. The van der Waals surface area contributed by atoms with Gasteiger partial charge in [0.25, 0.3) is 0 Å². The number of likely N-dealkylation sites (tertiary alicyclic amines) is 1. The smallest absolute Gasteiger partial charge is 0.325 e. The van der Waals surface area contributed by atoms with Crippen molar-refractivity contribution in [1.29, 1.82) is 0 Å². The molecule has 0 aliphatic carbocycles. The molecule has 3 fully saturated rings. The summed E-state index contributed by atoms with van der Waals surface area (Å²) >= 11 is 0. The van der Waals surface area contributed by atoms with Gasteiger partial charge >= 0.3 is 6.03 Å². The second kappa shape index (κ2) is 10.4. The molecule has 0 bridgehead atoms. The fraction of sp³-hybridized carbons (Fsp3) is 0.531. The lowest BCUT2D eigenvalue weighted by molar-refractivity contribution is 0.0520. The summed E-state index contributed by atoms with van der Waals surface area (Å²) in [6.45, 7) is 9.78. The van der Waals surface area contributed by atoms with E-state index < -0.39 is 0 Å². The van der Waals surface area contributed by atoms with Gasteiger partial charge in [-0.3, -0.25) is 9.80 Å². The molecule has 8 heteroatoms. The largest absolute Gasteiger partial charge is 0.497 e. The van der Waals surface area contributed by atoms with Crippen LogP contribution in [0.25, 0.3) is 0 Å². The lowest BCUT2D eigenvalue weighted by Gasteiger charge is -2.44. The summed E-state index contributed by atoms with van der Waals surface area (Å²) in [4.78, 5) is 20.6. The predicted octanol–water partition coefficient (Wildman–Crippen LogP) is 5.14. The van der Waals surface area contributed by atoms with Gasteiger partial charge in [0.1, 0.15) is 23.8 Å². The molecule has 4 heterocycles. The highest BCUT2D eigenvalue weighted by Gasteiger charge is 2.57. The Labute approximate surface area is 237 Å². The summed E-state index contributed by atoms with van der Waals surface area (Å²) in [6.07, 6.45) is 4.23. The highest BCUT2D eigenvalue weighted by molar-refractivity contribution is 5.83. The molecule has 2 aromatic carbocycles. The van der Waals surface area contributed by atoms with Crippen LogP contribution in [-0.2, 0) is 16.0 Å².